The zero-order chi connectivity index (χ0) is 24.7. The number of carbonyl (C=O) groups is 2. The zero-order valence-corrected chi connectivity index (χ0v) is 18.7. The van der Waals surface area contributed by atoms with Crippen LogP contribution in [-0.4, -0.2) is 53.1 Å². The lowest BCUT2D eigenvalue weighted by molar-refractivity contribution is -0.138. The number of aromatic nitrogens is 2. The van der Waals surface area contributed by atoms with Crippen LogP contribution in [0.2, 0.25) is 5.02 Å². The number of rotatable bonds is 2. The number of halogens is 4. The van der Waals surface area contributed by atoms with Gasteiger partial charge in [-0.1, -0.05) is 29.8 Å². The second kappa shape index (κ2) is 8.73. The fourth-order valence-electron chi connectivity index (χ4n) is 3.99. The molecule has 1 saturated heterocycles. The molecule has 0 unspecified atom stereocenters. The first-order valence-corrected chi connectivity index (χ1v) is 11.0. The third-order valence-corrected chi connectivity index (χ3v) is 6.06. The van der Waals surface area contributed by atoms with E-state index in [1.807, 2.05) is 0 Å². The molecule has 1 fully saturated rings. The minimum atomic E-state index is -4.63. The first-order chi connectivity index (χ1) is 16.7. The summed E-state index contributed by atoms with van der Waals surface area (Å²) in [7, 11) is 0. The van der Waals surface area contributed by atoms with Crippen molar-refractivity contribution in [1.82, 2.24) is 15.1 Å². The Labute approximate surface area is 202 Å². The molecule has 1 aromatic heterocycles. The summed E-state index contributed by atoms with van der Waals surface area (Å²) in [6.07, 6.45) is -4.63. The molecule has 0 bridgehead atoms. The molecule has 0 radical (unpaired) electrons. The molecular weight excluding hydrogens is 487 g/mol. The van der Waals surface area contributed by atoms with Crippen LogP contribution >= 0.6 is 11.6 Å². The average Bonchev–Trinajstić information content (AvgIpc) is 2.99. The Bertz CT molecular complexity index is 1330. The maximum atomic E-state index is 13.3. The Kier molecular flexibility index (Phi) is 5.72. The summed E-state index contributed by atoms with van der Waals surface area (Å²) in [6.45, 7) is 0.935. The second-order valence-corrected chi connectivity index (χ2v) is 8.32. The third kappa shape index (κ3) is 4.34. The van der Waals surface area contributed by atoms with Crippen LogP contribution in [0.5, 0.6) is 11.6 Å². The van der Waals surface area contributed by atoms with Crippen LogP contribution in [0.15, 0.2) is 48.5 Å². The van der Waals surface area contributed by atoms with Crippen molar-refractivity contribution in [2.24, 2.45) is 0 Å². The van der Waals surface area contributed by atoms with E-state index in [1.54, 1.807) is 23.1 Å². The molecule has 180 valence electrons. The summed E-state index contributed by atoms with van der Waals surface area (Å²) in [5.41, 5.74) is -0.797. The van der Waals surface area contributed by atoms with Gasteiger partial charge in [0.2, 0.25) is 0 Å². The maximum absolute atomic E-state index is 13.3. The van der Waals surface area contributed by atoms with Crippen molar-refractivity contribution in [3.05, 3.63) is 70.2 Å². The van der Waals surface area contributed by atoms with Gasteiger partial charge in [0.05, 0.1) is 21.8 Å². The van der Waals surface area contributed by atoms with E-state index >= 15 is 0 Å². The Morgan fingerprint density at radius 1 is 1.03 bits per heavy atom. The van der Waals surface area contributed by atoms with Gasteiger partial charge in [0.25, 0.3) is 17.7 Å². The molecule has 35 heavy (non-hydrogen) atoms. The molecule has 3 aromatic rings. The van der Waals surface area contributed by atoms with Crippen LogP contribution in [0.3, 0.4) is 0 Å². The molecule has 0 saturated carbocycles. The Hall–Kier alpha value is -3.86. The largest absolute Gasteiger partial charge is 0.433 e. The van der Waals surface area contributed by atoms with E-state index in [0.29, 0.717) is 29.6 Å². The molecule has 12 heteroatoms. The molecule has 8 nitrogen and oxygen atoms in total. The third-order valence-electron chi connectivity index (χ3n) is 5.76. The number of para-hydroxylation sites is 1. The molecule has 2 aliphatic rings. The van der Waals surface area contributed by atoms with E-state index in [4.69, 9.17) is 16.3 Å². The number of amides is 2. The molecule has 2 aromatic carbocycles. The van der Waals surface area contributed by atoms with Gasteiger partial charge in [-0.2, -0.15) is 13.2 Å². The van der Waals surface area contributed by atoms with Crippen molar-refractivity contribution in [3.8, 4) is 11.6 Å². The summed E-state index contributed by atoms with van der Waals surface area (Å²) in [5.74, 6) is -0.504. The molecular formula is C23H17ClF3N5O3. The van der Waals surface area contributed by atoms with Crippen molar-refractivity contribution in [3.63, 3.8) is 0 Å². The van der Waals surface area contributed by atoms with E-state index in [1.165, 1.54) is 29.2 Å². The minimum absolute atomic E-state index is 0.00401. The summed E-state index contributed by atoms with van der Waals surface area (Å²) < 4.78 is 45.7. The van der Waals surface area contributed by atoms with E-state index in [0.717, 1.165) is 6.07 Å². The van der Waals surface area contributed by atoms with Gasteiger partial charge in [0, 0.05) is 32.2 Å². The van der Waals surface area contributed by atoms with Gasteiger partial charge < -0.3 is 19.9 Å². The fourth-order valence-corrected chi connectivity index (χ4v) is 4.20. The number of benzene rings is 2. The van der Waals surface area contributed by atoms with Gasteiger partial charge in [0.15, 0.2) is 11.6 Å². The highest BCUT2D eigenvalue weighted by Gasteiger charge is 2.36. The van der Waals surface area contributed by atoms with Crippen LogP contribution in [0, 0.1) is 0 Å². The van der Waals surface area contributed by atoms with Crippen LogP contribution in [0.4, 0.5) is 24.7 Å². The normalized spacial score (nSPS) is 15.5. The smallest absolute Gasteiger partial charge is 0.417 e. The van der Waals surface area contributed by atoms with E-state index in [-0.39, 0.29) is 35.8 Å². The highest BCUT2D eigenvalue weighted by molar-refractivity contribution is 6.32. The number of hydrogen-bond donors (Lipinski definition) is 1. The summed E-state index contributed by atoms with van der Waals surface area (Å²) in [6, 6.07) is 11.2. The minimum Gasteiger partial charge on any atom is -0.433 e. The number of nitrogens with one attached hydrogen (secondary N) is 1. The molecule has 2 amide bonds. The molecule has 5 rings (SSSR count). The number of alkyl halides is 3. The summed E-state index contributed by atoms with van der Waals surface area (Å²) in [5, 5.41) is 11.2. The van der Waals surface area contributed by atoms with Gasteiger partial charge in [-0.25, -0.2) is 0 Å². The summed E-state index contributed by atoms with van der Waals surface area (Å²) in [4.78, 5) is 28.7. The first-order valence-electron chi connectivity index (χ1n) is 10.6. The number of piperazine rings is 1. The lowest BCUT2D eigenvalue weighted by Crippen LogP contribution is -2.49. The Balaban J connectivity index is 1.32. The predicted molar refractivity (Wildman–Crippen MR) is 121 cm³/mol. The lowest BCUT2D eigenvalue weighted by Gasteiger charge is -2.35. The van der Waals surface area contributed by atoms with Crippen LogP contribution in [-0.2, 0) is 6.18 Å². The molecule has 0 aliphatic carbocycles. The van der Waals surface area contributed by atoms with Crippen molar-refractivity contribution in [1.29, 1.82) is 0 Å². The first kappa shape index (κ1) is 22.9. The number of fused-ring (bicyclic) bond motifs is 2. The summed E-state index contributed by atoms with van der Waals surface area (Å²) >= 11 is 6.17. The van der Waals surface area contributed by atoms with E-state index < -0.39 is 23.6 Å². The highest BCUT2D eigenvalue weighted by atomic mass is 35.5. The number of anilines is 2. The van der Waals surface area contributed by atoms with Gasteiger partial charge >= 0.3 is 6.18 Å². The zero-order valence-electron chi connectivity index (χ0n) is 18.0. The molecule has 3 heterocycles. The van der Waals surface area contributed by atoms with E-state index in [9.17, 15) is 22.8 Å². The molecule has 0 spiro atoms. The number of nitrogens with zero attached hydrogens (tertiary/aromatic N) is 4. The molecule has 0 atom stereocenters. The van der Waals surface area contributed by atoms with Crippen molar-refractivity contribution in [2.45, 2.75) is 6.18 Å². The molecule has 2 aliphatic heterocycles. The Morgan fingerprint density at radius 2 is 1.77 bits per heavy atom. The number of hydrogen-bond acceptors (Lipinski definition) is 6. The van der Waals surface area contributed by atoms with Gasteiger partial charge in [-0.15, -0.1) is 10.2 Å². The second-order valence-electron chi connectivity index (χ2n) is 7.92. The highest BCUT2D eigenvalue weighted by Crippen LogP contribution is 2.40. The van der Waals surface area contributed by atoms with Crippen LogP contribution < -0.4 is 15.0 Å². The SMILES string of the molecule is O=C1Nc2cccc(Cl)c2Oc2nnc(N3CCN(C(=O)c4ccccc4C(F)(F)F)CC3)cc21. The van der Waals surface area contributed by atoms with Crippen molar-refractivity contribution < 1.29 is 27.5 Å². The van der Waals surface area contributed by atoms with Crippen molar-refractivity contribution in [2.75, 3.05) is 36.4 Å². The van der Waals surface area contributed by atoms with Gasteiger partial charge in [0.1, 0.15) is 5.56 Å². The fraction of sp³-hybridized carbons (Fsp3) is 0.217. The quantitative estimate of drug-likeness (QED) is 0.555. The number of ether oxygens (including phenoxy) is 1. The standard InChI is InChI=1S/C23H17ClF3N5O3/c24-16-6-3-7-17-19(16)35-21-14(20(33)28-17)12-18(29-30-21)31-8-10-32(11-9-31)22(34)13-4-1-2-5-15(13)23(25,26)27/h1-7,12H,8-11H2,(H,28,33). The average molecular weight is 504 g/mol. The molecule has 1 N–H and O–H groups in total. The van der Waals surface area contributed by atoms with E-state index in [2.05, 4.69) is 15.5 Å². The maximum Gasteiger partial charge on any atom is 0.417 e. The Morgan fingerprint density at radius 3 is 2.51 bits per heavy atom. The predicted octanol–water partition coefficient (Wildman–Crippen LogP) is 4.47. The lowest BCUT2D eigenvalue weighted by atomic mass is 10.1. The monoisotopic (exact) mass is 503 g/mol. The van der Waals surface area contributed by atoms with Crippen LogP contribution in [0.25, 0.3) is 0 Å². The number of carbonyl (C=O) groups excluding carboxylic acids is 2. The van der Waals surface area contributed by atoms with Gasteiger partial charge in [-0.3, -0.25) is 9.59 Å². The van der Waals surface area contributed by atoms with Crippen LogP contribution in [0.1, 0.15) is 26.3 Å². The van der Waals surface area contributed by atoms with Crippen molar-refractivity contribution >= 4 is 34.9 Å². The topological polar surface area (TPSA) is 87.7 Å². The van der Waals surface area contributed by atoms with Gasteiger partial charge in [-0.05, 0) is 24.3 Å².